The summed E-state index contributed by atoms with van der Waals surface area (Å²) in [6, 6.07) is 16.9. The van der Waals surface area contributed by atoms with Crippen LogP contribution in [0.1, 0.15) is 33.3 Å². The molecule has 1 amide bonds. The summed E-state index contributed by atoms with van der Waals surface area (Å²) >= 11 is 0. The Morgan fingerprint density at radius 3 is 2.19 bits per heavy atom. The second kappa shape index (κ2) is 11.3. The molecule has 32 heavy (non-hydrogen) atoms. The first kappa shape index (κ1) is 26.3. The SMILES string of the molecule is COc1ccc(CNC(=O)[C@@H](CS(=O)c2ccccc2)[C@@H](C)O[Si](C)(C)C(C)(C)C)cc1. The number of benzene rings is 2. The Bertz CT molecular complexity index is 894. The van der Waals surface area contributed by atoms with E-state index >= 15 is 0 Å². The molecule has 2 aromatic carbocycles. The molecule has 5 nitrogen and oxygen atoms in total. The van der Waals surface area contributed by atoms with Gasteiger partial charge in [0.1, 0.15) is 5.75 Å². The maximum absolute atomic E-state index is 13.2. The van der Waals surface area contributed by atoms with Crippen molar-refractivity contribution in [1.82, 2.24) is 5.32 Å². The van der Waals surface area contributed by atoms with Crippen LogP contribution in [0.5, 0.6) is 5.75 Å². The fourth-order valence-electron chi connectivity index (χ4n) is 3.04. The van der Waals surface area contributed by atoms with E-state index in [1.165, 1.54) is 0 Å². The number of methoxy groups -OCH3 is 1. The maximum atomic E-state index is 13.2. The van der Waals surface area contributed by atoms with E-state index in [1.807, 2.05) is 61.5 Å². The van der Waals surface area contributed by atoms with E-state index in [-0.39, 0.29) is 22.8 Å². The van der Waals surface area contributed by atoms with Gasteiger partial charge in [-0.1, -0.05) is 51.1 Å². The topological polar surface area (TPSA) is 64.6 Å². The second-order valence-electron chi connectivity index (χ2n) is 9.58. The Labute approximate surface area is 196 Å². The Balaban J connectivity index is 2.17. The molecule has 0 spiro atoms. The van der Waals surface area contributed by atoms with Gasteiger partial charge in [-0.15, -0.1) is 0 Å². The van der Waals surface area contributed by atoms with Crippen molar-refractivity contribution in [2.45, 2.75) is 63.4 Å². The molecule has 7 heteroatoms. The third-order valence-corrected chi connectivity index (χ3v) is 12.2. The van der Waals surface area contributed by atoms with Gasteiger partial charge in [-0.25, -0.2) is 0 Å². The van der Waals surface area contributed by atoms with Crippen molar-refractivity contribution in [1.29, 1.82) is 0 Å². The monoisotopic (exact) mass is 475 g/mol. The van der Waals surface area contributed by atoms with E-state index in [9.17, 15) is 9.00 Å². The number of hydrogen-bond donors (Lipinski definition) is 1. The zero-order valence-electron chi connectivity index (χ0n) is 20.3. The van der Waals surface area contributed by atoms with Crippen LogP contribution >= 0.6 is 0 Å². The largest absolute Gasteiger partial charge is 0.497 e. The predicted molar refractivity (Wildman–Crippen MR) is 134 cm³/mol. The van der Waals surface area contributed by atoms with E-state index < -0.39 is 25.0 Å². The van der Waals surface area contributed by atoms with Gasteiger partial charge >= 0.3 is 0 Å². The Hall–Kier alpha value is -1.96. The Morgan fingerprint density at radius 1 is 1.06 bits per heavy atom. The molecule has 3 atom stereocenters. The molecule has 0 saturated heterocycles. The van der Waals surface area contributed by atoms with Crippen molar-refractivity contribution in [3.63, 3.8) is 0 Å². The minimum absolute atomic E-state index is 0.0178. The van der Waals surface area contributed by atoms with E-state index in [0.29, 0.717) is 6.54 Å². The van der Waals surface area contributed by atoms with Gasteiger partial charge in [-0.05, 0) is 54.9 Å². The molecular weight excluding hydrogens is 438 g/mol. The highest BCUT2D eigenvalue weighted by Gasteiger charge is 2.41. The standard InChI is InChI=1S/C25H37NO4SSi/c1-19(30-32(6,7)25(2,3)4)23(18-31(28)22-11-9-8-10-12-22)24(27)26-17-20-13-15-21(29-5)16-14-20/h8-16,19,23H,17-18H2,1-7H3,(H,26,27)/t19-,23+,31?/m1/s1. The van der Waals surface area contributed by atoms with Crippen LogP contribution in [0, 0.1) is 5.92 Å². The molecule has 2 rings (SSSR count). The smallest absolute Gasteiger partial charge is 0.226 e. The van der Waals surface area contributed by atoms with Gasteiger partial charge < -0.3 is 14.5 Å². The number of carbonyl (C=O) groups excluding carboxylic acids is 1. The van der Waals surface area contributed by atoms with Crippen LogP contribution in [0.15, 0.2) is 59.5 Å². The molecule has 0 heterocycles. The highest BCUT2D eigenvalue weighted by Crippen LogP contribution is 2.38. The van der Waals surface area contributed by atoms with Gasteiger partial charge in [0.2, 0.25) is 5.91 Å². The number of carbonyl (C=O) groups is 1. The third-order valence-electron chi connectivity index (χ3n) is 6.15. The van der Waals surface area contributed by atoms with Crippen molar-refractivity contribution in [2.24, 2.45) is 5.92 Å². The number of nitrogens with one attached hydrogen (secondary N) is 1. The van der Waals surface area contributed by atoms with Crippen LogP contribution in [0.4, 0.5) is 0 Å². The molecule has 176 valence electrons. The van der Waals surface area contributed by atoms with Crippen molar-refractivity contribution in [3.05, 3.63) is 60.2 Å². The molecule has 0 saturated carbocycles. The molecule has 0 fully saturated rings. The summed E-state index contributed by atoms with van der Waals surface area (Å²) in [5, 5.41) is 3.04. The average Bonchev–Trinajstić information content (AvgIpc) is 2.75. The fourth-order valence-corrected chi connectivity index (χ4v) is 5.89. The lowest BCUT2D eigenvalue weighted by molar-refractivity contribution is -0.127. The summed E-state index contributed by atoms with van der Waals surface area (Å²) in [7, 11) is -1.77. The van der Waals surface area contributed by atoms with E-state index in [4.69, 9.17) is 9.16 Å². The zero-order chi connectivity index (χ0) is 23.9. The molecule has 0 aliphatic rings. The highest BCUT2D eigenvalue weighted by molar-refractivity contribution is 7.85. The summed E-state index contributed by atoms with van der Waals surface area (Å²) in [6.45, 7) is 13.2. The van der Waals surface area contributed by atoms with Gasteiger partial charge in [0.05, 0.1) is 29.9 Å². The molecule has 0 aliphatic heterocycles. The van der Waals surface area contributed by atoms with Gasteiger partial charge in [-0.3, -0.25) is 9.00 Å². The maximum Gasteiger partial charge on any atom is 0.226 e. The molecule has 1 unspecified atom stereocenters. The third kappa shape index (κ3) is 7.29. The summed E-state index contributed by atoms with van der Waals surface area (Å²) in [4.78, 5) is 14.0. The van der Waals surface area contributed by atoms with Crippen LogP contribution in [0.3, 0.4) is 0 Å². The second-order valence-corrected chi connectivity index (χ2v) is 15.8. The van der Waals surface area contributed by atoms with Crippen molar-refractivity contribution in [3.8, 4) is 5.75 Å². The van der Waals surface area contributed by atoms with Crippen LogP contribution < -0.4 is 10.1 Å². The number of rotatable bonds is 10. The van der Waals surface area contributed by atoms with Crippen LogP contribution in [-0.4, -0.2) is 37.4 Å². The minimum Gasteiger partial charge on any atom is -0.497 e. The zero-order valence-corrected chi connectivity index (χ0v) is 22.1. The van der Waals surface area contributed by atoms with E-state index in [1.54, 1.807) is 7.11 Å². The van der Waals surface area contributed by atoms with E-state index in [2.05, 4.69) is 39.2 Å². The molecule has 0 radical (unpaired) electrons. The number of hydrogen-bond acceptors (Lipinski definition) is 4. The molecular formula is C25H37NO4SSi. The lowest BCUT2D eigenvalue weighted by atomic mass is 10.1. The Kier molecular flexibility index (Phi) is 9.25. The summed E-state index contributed by atoms with van der Waals surface area (Å²) < 4.78 is 24.8. The van der Waals surface area contributed by atoms with E-state index in [0.717, 1.165) is 16.2 Å². The van der Waals surface area contributed by atoms with Gasteiger partial charge in [0, 0.05) is 17.2 Å². The first-order chi connectivity index (χ1) is 14.9. The summed E-state index contributed by atoms with van der Waals surface area (Å²) in [5.74, 6) is 0.321. The van der Waals surface area contributed by atoms with Crippen LogP contribution in [0.2, 0.25) is 18.1 Å². The van der Waals surface area contributed by atoms with Crippen molar-refractivity contribution < 1.29 is 18.2 Å². The molecule has 0 bridgehead atoms. The van der Waals surface area contributed by atoms with Gasteiger partial charge in [-0.2, -0.15) is 0 Å². The number of ether oxygens (including phenoxy) is 1. The predicted octanol–water partition coefficient (Wildman–Crippen LogP) is 5.15. The van der Waals surface area contributed by atoms with Gasteiger partial charge in [0.25, 0.3) is 0 Å². The summed E-state index contributed by atoms with van der Waals surface area (Å²) in [5.41, 5.74) is 0.972. The molecule has 1 N–H and O–H groups in total. The lowest BCUT2D eigenvalue weighted by Gasteiger charge is -2.40. The lowest BCUT2D eigenvalue weighted by Crippen LogP contribution is -2.48. The fraction of sp³-hybridized carbons (Fsp3) is 0.480. The quantitative estimate of drug-likeness (QED) is 0.483. The van der Waals surface area contributed by atoms with Gasteiger partial charge in [0.15, 0.2) is 8.32 Å². The molecule has 0 aliphatic carbocycles. The first-order valence-electron chi connectivity index (χ1n) is 11.0. The normalized spacial score (nSPS) is 15.0. The van der Waals surface area contributed by atoms with Crippen molar-refractivity contribution >= 4 is 25.0 Å². The molecule has 0 aromatic heterocycles. The first-order valence-corrected chi connectivity index (χ1v) is 15.2. The minimum atomic E-state index is -2.10. The average molecular weight is 476 g/mol. The highest BCUT2D eigenvalue weighted by atomic mass is 32.2. The molecule has 2 aromatic rings. The Morgan fingerprint density at radius 2 is 1.66 bits per heavy atom. The van der Waals surface area contributed by atoms with Crippen molar-refractivity contribution in [2.75, 3.05) is 12.9 Å². The number of amides is 1. The summed E-state index contributed by atoms with van der Waals surface area (Å²) in [6.07, 6.45) is -0.348. The van der Waals surface area contributed by atoms with Crippen LogP contribution in [0.25, 0.3) is 0 Å². The van der Waals surface area contributed by atoms with Crippen LogP contribution in [-0.2, 0) is 26.6 Å².